The predicted molar refractivity (Wildman–Crippen MR) is 123 cm³/mol. The van der Waals surface area contributed by atoms with Crippen LogP contribution in [0.15, 0.2) is 0 Å². The third-order valence-electron chi connectivity index (χ3n) is 6.18. The van der Waals surface area contributed by atoms with Crippen molar-refractivity contribution in [2.75, 3.05) is 13.2 Å². The molecule has 0 aliphatic carbocycles. The Morgan fingerprint density at radius 1 is 0.903 bits per heavy atom. The van der Waals surface area contributed by atoms with Crippen LogP contribution in [-0.2, 0) is 14.3 Å². The number of hydrogen-bond acceptors (Lipinski definition) is 6. The fourth-order valence-electron chi connectivity index (χ4n) is 3.91. The number of primary amides is 1. The van der Waals surface area contributed by atoms with E-state index in [0.29, 0.717) is 12.8 Å². The Balaban J connectivity index is 4.43. The molecule has 0 saturated carbocycles. The van der Waals surface area contributed by atoms with Crippen LogP contribution in [0.1, 0.15) is 104 Å². The highest BCUT2D eigenvalue weighted by molar-refractivity contribution is 5.89. The maximum atomic E-state index is 12.3. The molecule has 4 unspecified atom stereocenters. The van der Waals surface area contributed by atoms with Gasteiger partial charge in [-0.2, -0.15) is 0 Å². The van der Waals surface area contributed by atoms with Crippen LogP contribution in [0.25, 0.3) is 0 Å². The molecule has 0 aromatic carbocycles. The van der Waals surface area contributed by atoms with E-state index in [9.17, 15) is 24.9 Å². The van der Waals surface area contributed by atoms with E-state index in [4.69, 9.17) is 10.5 Å². The molecule has 31 heavy (non-hydrogen) atoms. The average molecular weight is 446 g/mol. The fraction of sp³-hybridized carbons (Fsp3) is 0.917. The Bertz CT molecular complexity index is 487. The minimum Gasteiger partial charge on any atom is -0.393 e. The summed E-state index contributed by atoms with van der Waals surface area (Å²) >= 11 is 0. The molecule has 0 radical (unpaired) electrons. The van der Waals surface area contributed by atoms with Crippen molar-refractivity contribution in [2.24, 2.45) is 11.7 Å². The highest BCUT2D eigenvalue weighted by atomic mass is 16.5. The van der Waals surface area contributed by atoms with Crippen LogP contribution in [0, 0.1) is 5.92 Å². The van der Waals surface area contributed by atoms with Crippen molar-refractivity contribution in [1.29, 1.82) is 0 Å². The van der Waals surface area contributed by atoms with Crippen LogP contribution in [0.5, 0.6) is 0 Å². The predicted octanol–water partition coefficient (Wildman–Crippen LogP) is 3.26. The lowest BCUT2D eigenvalue weighted by Crippen LogP contribution is -2.54. The molecule has 7 heteroatoms. The Morgan fingerprint density at radius 2 is 1.42 bits per heavy atom. The number of ether oxygens (including phenoxy) is 1. The van der Waals surface area contributed by atoms with Crippen molar-refractivity contribution in [3.8, 4) is 0 Å². The van der Waals surface area contributed by atoms with Crippen LogP contribution in [0.2, 0.25) is 0 Å². The molecule has 0 bridgehead atoms. The first-order valence-electron chi connectivity index (χ1n) is 12.2. The molecule has 1 amide bonds. The Labute approximate surface area is 188 Å². The lowest BCUT2D eigenvalue weighted by molar-refractivity contribution is -0.165. The lowest BCUT2D eigenvalue weighted by Gasteiger charge is -2.30. The van der Waals surface area contributed by atoms with Gasteiger partial charge in [-0.15, -0.1) is 0 Å². The number of amides is 1. The minimum atomic E-state index is -2.26. The number of carbonyl (C=O) groups excluding carboxylic acids is 2. The van der Waals surface area contributed by atoms with Gasteiger partial charge in [-0.3, -0.25) is 9.59 Å². The summed E-state index contributed by atoms with van der Waals surface area (Å²) in [5, 5.41) is 29.5. The summed E-state index contributed by atoms with van der Waals surface area (Å²) < 4.78 is 5.63. The van der Waals surface area contributed by atoms with Gasteiger partial charge in [-0.1, -0.05) is 85.0 Å². The van der Waals surface area contributed by atoms with Gasteiger partial charge in [0.2, 0.25) is 5.91 Å². The van der Waals surface area contributed by atoms with Crippen LogP contribution in [0.4, 0.5) is 0 Å². The topological polar surface area (TPSA) is 130 Å². The Kier molecular flexibility index (Phi) is 16.9. The quantitative estimate of drug-likeness (QED) is 0.201. The number of aliphatic hydroxyl groups is 3. The molecule has 5 N–H and O–H groups in total. The fourth-order valence-corrected chi connectivity index (χ4v) is 3.91. The molecule has 0 aliphatic heterocycles. The van der Waals surface area contributed by atoms with Crippen LogP contribution < -0.4 is 5.73 Å². The highest BCUT2D eigenvalue weighted by Crippen LogP contribution is 2.22. The summed E-state index contributed by atoms with van der Waals surface area (Å²) in [6.45, 7) is 4.29. The van der Waals surface area contributed by atoms with E-state index in [1.165, 1.54) is 44.9 Å². The zero-order chi connectivity index (χ0) is 23.7. The smallest absolute Gasteiger partial charge is 0.223 e. The van der Waals surface area contributed by atoms with Crippen molar-refractivity contribution in [1.82, 2.24) is 0 Å². The van der Waals surface area contributed by atoms with Crippen LogP contribution in [0.3, 0.4) is 0 Å². The molecule has 4 atom stereocenters. The number of rotatable bonds is 21. The molecule has 184 valence electrons. The molecule has 0 aromatic heterocycles. The summed E-state index contributed by atoms with van der Waals surface area (Å²) in [5.41, 5.74) is 3.33. The van der Waals surface area contributed by atoms with Crippen LogP contribution >= 0.6 is 0 Å². The third kappa shape index (κ3) is 11.4. The van der Waals surface area contributed by atoms with E-state index >= 15 is 0 Å². The summed E-state index contributed by atoms with van der Waals surface area (Å²) in [5.74, 6) is -1.77. The van der Waals surface area contributed by atoms with Crippen molar-refractivity contribution < 1.29 is 29.6 Å². The normalized spacial score (nSPS) is 16.5. The molecular weight excluding hydrogens is 398 g/mol. The van der Waals surface area contributed by atoms with Crippen LogP contribution in [-0.4, -0.2) is 58.0 Å². The summed E-state index contributed by atoms with van der Waals surface area (Å²) in [7, 11) is 0. The van der Waals surface area contributed by atoms with E-state index in [0.717, 1.165) is 19.3 Å². The number of hydrogen-bond donors (Lipinski definition) is 4. The second-order valence-corrected chi connectivity index (χ2v) is 8.67. The van der Waals surface area contributed by atoms with Gasteiger partial charge in [0.05, 0.1) is 24.7 Å². The van der Waals surface area contributed by atoms with Gasteiger partial charge in [-0.05, 0) is 19.3 Å². The minimum absolute atomic E-state index is 0.114. The van der Waals surface area contributed by atoms with Gasteiger partial charge in [0.25, 0.3) is 0 Å². The van der Waals surface area contributed by atoms with Crippen molar-refractivity contribution >= 4 is 11.7 Å². The van der Waals surface area contributed by atoms with Gasteiger partial charge >= 0.3 is 0 Å². The SMILES string of the molecule is CCCCCCCCCCCCC(C(N)=O)C(CC)OCC(=O)C(O)(CO)C(O)CC. The molecule has 0 fully saturated rings. The third-order valence-corrected chi connectivity index (χ3v) is 6.18. The molecule has 0 saturated heterocycles. The number of ketones is 1. The molecule has 0 heterocycles. The number of aliphatic hydroxyl groups excluding tert-OH is 2. The lowest BCUT2D eigenvalue weighted by atomic mass is 9.90. The molecule has 0 aromatic rings. The maximum absolute atomic E-state index is 12.3. The van der Waals surface area contributed by atoms with Gasteiger partial charge in [-0.25, -0.2) is 0 Å². The van der Waals surface area contributed by atoms with Crippen molar-refractivity contribution in [3.63, 3.8) is 0 Å². The number of Topliss-reactive ketones (excluding diaryl/α,β-unsaturated/α-hetero) is 1. The van der Waals surface area contributed by atoms with E-state index in [1.807, 2.05) is 6.92 Å². The Hall–Kier alpha value is -1.02. The van der Waals surface area contributed by atoms with Crippen molar-refractivity contribution in [3.05, 3.63) is 0 Å². The van der Waals surface area contributed by atoms with E-state index in [1.54, 1.807) is 6.92 Å². The van der Waals surface area contributed by atoms with E-state index in [-0.39, 0.29) is 6.42 Å². The summed E-state index contributed by atoms with van der Waals surface area (Å²) in [4.78, 5) is 24.3. The largest absolute Gasteiger partial charge is 0.393 e. The number of unbranched alkanes of at least 4 members (excludes halogenated alkanes) is 9. The molecule has 7 nitrogen and oxygen atoms in total. The number of carbonyl (C=O) groups is 2. The monoisotopic (exact) mass is 445 g/mol. The maximum Gasteiger partial charge on any atom is 0.223 e. The highest BCUT2D eigenvalue weighted by Gasteiger charge is 2.42. The zero-order valence-corrected chi connectivity index (χ0v) is 20.0. The van der Waals surface area contributed by atoms with Gasteiger partial charge in [0.15, 0.2) is 11.4 Å². The summed E-state index contributed by atoms with van der Waals surface area (Å²) in [6, 6.07) is 0. The molecular formula is C24H47NO6. The van der Waals surface area contributed by atoms with Gasteiger partial charge < -0.3 is 25.8 Å². The number of nitrogens with two attached hydrogens (primary N) is 1. The first-order chi connectivity index (χ1) is 14.8. The molecule has 0 spiro atoms. The zero-order valence-electron chi connectivity index (χ0n) is 20.0. The average Bonchev–Trinajstić information content (AvgIpc) is 2.77. The van der Waals surface area contributed by atoms with E-state index < -0.39 is 48.6 Å². The molecule has 0 rings (SSSR count). The van der Waals surface area contributed by atoms with Gasteiger partial charge in [0.1, 0.15) is 6.61 Å². The Morgan fingerprint density at radius 3 is 1.84 bits per heavy atom. The second kappa shape index (κ2) is 17.5. The first kappa shape index (κ1) is 30.0. The molecule has 0 aliphatic rings. The standard InChI is InChI=1S/C24H47NO6/c1-4-7-8-9-10-11-12-13-14-15-16-19(23(25)29)20(5-2)31-17-22(28)24(30,18-26)21(27)6-3/h19-21,26-27,30H,4-18H2,1-3H3,(H2,25,29). The second-order valence-electron chi connectivity index (χ2n) is 8.67. The van der Waals surface area contributed by atoms with Crippen molar-refractivity contribution in [2.45, 2.75) is 122 Å². The van der Waals surface area contributed by atoms with Gasteiger partial charge in [0, 0.05) is 0 Å². The van der Waals surface area contributed by atoms with E-state index in [2.05, 4.69) is 6.92 Å². The first-order valence-corrected chi connectivity index (χ1v) is 12.2. The summed E-state index contributed by atoms with van der Waals surface area (Å²) in [6.07, 6.45) is 11.3.